The van der Waals surface area contributed by atoms with E-state index in [0.717, 1.165) is 11.3 Å². The number of hydrogen-bond acceptors (Lipinski definition) is 3. The van der Waals surface area contributed by atoms with Gasteiger partial charge in [-0.05, 0) is 31.2 Å². The minimum Gasteiger partial charge on any atom is -0.493 e. The van der Waals surface area contributed by atoms with Gasteiger partial charge in [0.05, 0.1) is 13.2 Å². The maximum absolute atomic E-state index is 11.7. The van der Waals surface area contributed by atoms with Crippen LogP contribution in [0.1, 0.15) is 18.9 Å². The average molecular weight is 253 g/mol. The van der Waals surface area contributed by atoms with Crippen molar-refractivity contribution in [2.45, 2.75) is 13.3 Å². The van der Waals surface area contributed by atoms with Gasteiger partial charge in [0.2, 0.25) is 0 Å². The molecule has 0 unspecified atom stereocenters. The maximum Gasteiger partial charge on any atom is 0.334 e. The predicted molar refractivity (Wildman–Crippen MR) is 66.2 cm³/mol. The van der Waals surface area contributed by atoms with E-state index in [9.17, 15) is 4.79 Å². The average Bonchev–Trinajstić information content (AvgIpc) is 2.50. The highest BCUT2D eigenvalue weighted by Crippen LogP contribution is 2.28. The lowest BCUT2D eigenvalue weighted by Gasteiger charge is -2.05. The summed E-state index contributed by atoms with van der Waals surface area (Å²) in [6.07, 6.45) is 2.33. The molecule has 0 spiro atoms. The van der Waals surface area contributed by atoms with E-state index in [-0.39, 0.29) is 5.97 Å². The van der Waals surface area contributed by atoms with Crippen molar-refractivity contribution in [3.8, 4) is 5.75 Å². The van der Waals surface area contributed by atoms with Crippen molar-refractivity contribution in [2.75, 3.05) is 13.2 Å². The number of carbonyl (C=O) groups is 1. The smallest absolute Gasteiger partial charge is 0.334 e. The van der Waals surface area contributed by atoms with Crippen molar-refractivity contribution in [3.63, 3.8) is 0 Å². The third-order valence-electron chi connectivity index (χ3n) is 2.47. The monoisotopic (exact) mass is 252 g/mol. The second-order valence-corrected chi connectivity index (χ2v) is 4.11. The van der Waals surface area contributed by atoms with Gasteiger partial charge < -0.3 is 9.47 Å². The third kappa shape index (κ3) is 2.80. The minimum atomic E-state index is -0.288. The molecular formula is C13H13ClO3. The summed E-state index contributed by atoms with van der Waals surface area (Å²) in [6, 6.07) is 5.35. The van der Waals surface area contributed by atoms with Crippen molar-refractivity contribution in [2.24, 2.45) is 0 Å². The quantitative estimate of drug-likeness (QED) is 0.759. The molecule has 0 atom stereocenters. The summed E-state index contributed by atoms with van der Waals surface area (Å²) in [5.41, 5.74) is 1.44. The molecule has 0 amide bonds. The van der Waals surface area contributed by atoms with Crippen LogP contribution in [-0.2, 0) is 9.53 Å². The second kappa shape index (κ2) is 5.23. The topological polar surface area (TPSA) is 35.5 Å². The number of carbonyl (C=O) groups excluding carboxylic acids is 1. The Bertz CT molecular complexity index is 466. The predicted octanol–water partition coefficient (Wildman–Crippen LogP) is 3.07. The van der Waals surface area contributed by atoms with E-state index < -0.39 is 0 Å². The molecule has 0 aromatic heterocycles. The van der Waals surface area contributed by atoms with Crippen LogP contribution in [-0.4, -0.2) is 19.2 Å². The molecule has 17 heavy (non-hydrogen) atoms. The van der Waals surface area contributed by atoms with Gasteiger partial charge in [-0.3, -0.25) is 0 Å². The van der Waals surface area contributed by atoms with Crippen LogP contribution in [0.4, 0.5) is 0 Å². The molecule has 0 saturated heterocycles. The van der Waals surface area contributed by atoms with Gasteiger partial charge in [0.25, 0.3) is 0 Å². The molecule has 90 valence electrons. The van der Waals surface area contributed by atoms with E-state index in [4.69, 9.17) is 21.1 Å². The van der Waals surface area contributed by atoms with E-state index in [2.05, 4.69) is 0 Å². The highest BCUT2D eigenvalue weighted by molar-refractivity contribution is 6.30. The zero-order chi connectivity index (χ0) is 12.3. The Labute approximate surface area is 105 Å². The number of rotatable bonds is 2. The Balaban J connectivity index is 2.34. The fraction of sp³-hybridized carbons (Fsp3) is 0.308. The molecule has 4 heteroatoms. The molecule has 1 aliphatic rings. The van der Waals surface area contributed by atoms with Gasteiger partial charge in [0.15, 0.2) is 0 Å². The van der Waals surface area contributed by atoms with Gasteiger partial charge in [-0.1, -0.05) is 11.6 Å². The Morgan fingerprint density at radius 3 is 3.12 bits per heavy atom. The summed E-state index contributed by atoms with van der Waals surface area (Å²) >= 11 is 5.92. The van der Waals surface area contributed by atoms with Crippen molar-refractivity contribution in [3.05, 3.63) is 34.4 Å². The normalized spacial score (nSPS) is 14.1. The number of halogens is 1. The molecular weight excluding hydrogens is 240 g/mol. The molecule has 0 radical (unpaired) electrons. The number of fused-ring (bicyclic) bond motifs is 1. The lowest BCUT2D eigenvalue weighted by molar-refractivity contribution is -0.138. The fourth-order valence-corrected chi connectivity index (χ4v) is 1.86. The van der Waals surface area contributed by atoms with Crippen molar-refractivity contribution in [1.29, 1.82) is 0 Å². The van der Waals surface area contributed by atoms with Crippen LogP contribution in [0.25, 0.3) is 6.08 Å². The Kier molecular flexibility index (Phi) is 3.69. The van der Waals surface area contributed by atoms with Crippen LogP contribution in [0.15, 0.2) is 23.8 Å². The van der Waals surface area contributed by atoms with E-state index in [0.29, 0.717) is 30.2 Å². The molecule has 0 fully saturated rings. The van der Waals surface area contributed by atoms with E-state index >= 15 is 0 Å². The molecule has 2 rings (SSSR count). The van der Waals surface area contributed by atoms with E-state index in [1.54, 1.807) is 25.1 Å². The largest absolute Gasteiger partial charge is 0.493 e. The zero-order valence-corrected chi connectivity index (χ0v) is 10.3. The maximum atomic E-state index is 11.7. The molecule has 3 nitrogen and oxygen atoms in total. The van der Waals surface area contributed by atoms with E-state index in [1.807, 2.05) is 6.07 Å². The molecule has 0 N–H and O–H groups in total. The summed E-state index contributed by atoms with van der Waals surface area (Å²) in [4.78, 5) is 11.7. The summed E-state index contributed by atoms with van der Waals surface area (Å²) in [5, 5.41) is 0.619. The van der Waals surface area contributed by atoms with Gasteiger partial charge in [0.1, 0.15) is 5.75 Å². The SMILES string of the molecule is CCOC(=O)C1=Cc2cc(Cl)ccc2OCC1. The van der Waals surface area contributed by atoms with Crippen LogP contribution in [0, 0.1) is 0 Å². The zero-order valence-electron chi connectivity index (χ0n) is 9.53. The first-order chi connectivity index (χ1) is 8.20. The van der Waals surface area contributed by atoms with Gasteiger partial charge in [0, 0.05) is 22.6 Å². The summed E-state index contributed by atoms with van der Waals surface area (Å²) in [7, 11) is 0. The first kappa shape index (κ1) is 12.0. The number of hydrogen-bond donors (Lipinski definition) is 0. The van der Waals surface area contributed by atoms with Gasteiger partial charge in [-0.25, -0.2) is 4.79 Å². The molecule has 1 aromatic carbocycles. The minimum absolute atomic E-state index is 0.288. The van der Waals surface area contributed by atoms with Gasteiger partial charge >= 0.3 is 5.97 Å². The second-order valence-electron chi connectivity index (χ2n) is 3.67. The lowest BCUT2D eigenvalue weighted by Crippen LogP contribution is -2.09. The molecule has 0 aliphatic carbocycles. The third-order valence-corrected chi connectivity index (χ3v) is 2.70. The van der Waals surface area contributed by atoms with E-state index in [1.165, 1.54) is 0 Å². The molecule has 0 saturated carbocycles. The number of ether oxygens (including phenoxy) is 2. The fourth-order valence-electron chi connectivity index (χ4n) is 1.68. The summed E-state index contributed by atoms with van der Waals surface area (Å²) < 4.78 is 10.5. The Morgan fingerprint density at radius 2 is 2.35 bits per heavy atom. The van der Waals surface area contributed by atoms with Crippen LogP contribution in [0.2, 0.25) is 5.02 Å². The van der Waals surface area contributed by atoms with Gasteiger partial charge in [-0.2, -0.15) is 0 Å². The molecule has 1 aliphatic heterocycles. The number of benzene rings is 1. The highest BCUT2D eigenvalue weighted by atomic mass is 35.5. The Hall–Kier alpha value is -1.48. The van der Waals surface area contributed by atoms with Crippen LogP contribution >= 0.6 is 11.6 Å². The first-order valence-electron chi connectivity index (χ1n) is 5.50. The highest BCUT2D eigenvalue weighted by Gasteiger charge is 2.16. The van der Waals surface area contributed by atoms with Crippen molar-refractivity contribution < 1.29 is 14.3 Å². The first-order valence-corrected chi connectivity index (χ1v) is 5.88. The van der Waals surface area contributed by atoms with Crippen molar-refractivity contribution >= 4 is 23.6 Å². The van der Waals surface area contributed by atoms with Crippen LogP contribution in [0.5, 0.6) is 5.75 Å². The lowest BCUT2D eigenvalue weighted by atomic mass is 10.1. The standard InChI is InChI=1S/C13H13ClO3/c1-2-16-13(15)9-5-6-17-12-4-3-11(14)8-10(12)7-9/h3-4,7-8H,2,5-6H2,1H3. The van der Waals surface area contributed by atoms with Crippen LogP contribution < -0.4 is 4.74 Å². The van der Waals surface area contributed by atoms with Crippen LogP contribution in [0.3, 0.4) is 0 Å². The molecule has 1 aromatic rings. The Morgan fingerprint density at radius 1 is 1.53 bits per heavy atom. The molecule has 0 bridgehead atoms. The summed E-state index contributed by atoms with van der Waals surface area (Å²) in [6.45, 7) is 2.63. The van der Waals surface area contributed by atoms with Gasteiger partial charge in [-0.15, -0.1) is 0 Å². The summed E-state index contributed by atoms with van der Waals surface area (Å²) in [5.74, 6) is 0.456. The molecule has 1 heterocycles. The van der Waals surface area contributed by atoms with Crippen molar-refractivity contribution in [1.82, 2.24) is 0 Å². The number of esters is 1.